The van der Waals surface area contributed by atoms with E-state index < -0.39 is 29.4 Å². The number of urea groups is 1. The van der Waals surface area contributed by atoms with Gasteiger partial charge < -0.3 is 31.9 Å². The minimum absolute atomic E-state index is 0. The summed E-state index contributed by atoms with van der Waals surface area (Å²) in [5.74, 6) is -1.75. The van der Waals surface area contributed by atoms with Crippen molar-refractivity contribution in [2.45, 2.75) is 38.5 Å². The molecule has 14 nitrogen and oxygen atoms in total. The van der Waals surface area contributed by atoms with Gasteiger partial charge in [-0.05, 0) is 67.6 Å². The highest BCUT2D eigenvalue weighted by Gasteiger charge is 2.49. The van der Waals surface area contributed by atoms with Crippen molar-refractivity contribution in [3.8, 4) is 5.69 Å². The fourth-order valence-corrected chi connectivity index (χ4v) is 5.12. The molecule has 3 atom stereocenters. The molecule has 0 saturated carbocycles. The van der Waals surface area contributed by atoms with Crippen LogP contribution in [-0.4, -0.2) is 98.8 Å². The molecule has 2 aliphatic heterocycles. The number of hydrogen-bond donors (Lipinski definition) is 2. The Hall–Kier alpha value is -4.41. The van der Waals surface area contributed by atoms with Crippen molar-refractivity contribution in [2.24, 2.45) is 5.10 Å². The first-order valence-corrected chi connectivity index (χ1v) is 13.6. The third kappa shape index (κ3) is 6.87. The van der Waals surface area contributed by atoms with Crippen molar-refractivity contribution >= 4 is 24.2 Å². The van der Waals surface area contributed by atoms with Crippen molar-refractivity contribution in [1.29, 1.82) is 0 Å². The third-order valence-corrected chi connectivity index (χ3v) is 7.32. The van der Waals surface area contributed by atoms with Gasteiger partial charge in [-0.3, -0.25) is 9.80 Å². The van der Waals surface area contributed by atoms with E-state index in [-0.39, 0.29) is 56.6 Å². The number of hydrogen-bond acceptors (Lipinski definition) is 10. The lowest BCUT2D eigenvalue weighted by molar-refractivity contribution is -0.915. The van der Waals surface area contributed by atoms with Crippen LogP contribution in [0, 0.1) is 11.6 Å². The van der Waals surface area contributed by atoms with Gasteiger partial charge in [0.05, 0.1) is 17.8 Å². The Morgan fingerprint density at radius 2 is 1.84 bits per heavy atom. The Morgan fingerprint density at radius 3 is 2.50 bits per heavy atom. The molecule has 0 radical (unpaired) electrons. The summed E-state index contributed by atoms with van der Waals surface area (Å²) < 4.78 is 40.6. The number of rotatable bonds is 10. The summed E-state index contributed by atoms with van der Waals surface area (Å²) in [5, 5.41) is 28.0. The molecule has 2 N–H and O–H groups in total. The average molecular weight is 636 g/mol. The van der Waals surface area contributed by atoms with Gasteiger partial charge in [0.1, 0.15) is 24.5 Å². The Bertz CT molecular complexity index is 1480. The predicted octanol–water partition coefficient (Wildman–Crippen LogP) is -1.92. The monoisotopic (exact) mass is 635 g/mol. The first kappa shape index (κ1) is 32.5. The molecule has 2 aromatic carbocycles. The Kier molecular flexibility index (Phi) is 9.96. The molecule has 3 aromatic rings. The summed E-state index contributed by atoms with van der Waals surface area (Å²) in [5.41, 5.74) is -0.823. The standard InChI is InChI=1S/C27H31F2N9O5.ClH/c1-18(2)43-26(40)42-17-34-15-31-35(16-34)13-27(41,23-9-4-20(28)12-24(23)29)19(3)36-10-11-37(25(36)39)21-5-7-22(8-6-21)38-14-30-32-33-38;/h4-9,12,14-15,18-19,41H,10-11,13,16-17H2,1-3H3;1H/t19-,27-;/m1./s1. The minimum Gasteiger partial charge on any atom is -1.00 e. The normalized spacial score (nSPS) is 18.4. The Balaban J connectivity index is 0.00000442. The second kappa shape index (κ2) is 13.5. The quantitative estimate of drug-likeness (QED) is 0.244. The van der Waals surface area contributed by atoms with Crippen LogP contribution >= 0.6 is 0 Å². The van der Waals surface area contributed by atoms with Gasteiger partial charge in [0.25, 0.3) is 0 Å². The molecule has 236 valence electrons. The molecular formula is C27H32ClF2N9O5. The molecule has 1 unspecified atom stereocenters. The van der Waals surface area contributed by atoms with Gasteiger partial charge in [-0.1, -0.05) is 5.10 Å². The molecule has 1 aromatic heterocycles. The predicted molar refractivity (Wildman–Crippen MR) is 147 cm³/mol. The number of amides is 2. The number of aromatic nitrogens is 4. The zero-order chi connectivity index (χ0) is 30.7. The number of nitrogens with one attached hydrogen (secondary N) is 1. The van der Waals surface area contributed by atoms with Crippen molar-refractivity contribution in [3.63, 3.8) is 0 Å². The number of tetrazole rings is 1. The average Bonchev–Trinajstić information content (AvgIpc) is 3.73. The van der Waals surface area contributed by atoms with Crippen LogP contribution in [0.2, 0.25) is 0 Å². The minimum atomic E-state index is -1.98. The van der Waals surface area contributed by atoms with Crippen molar-refractivity contribution in [1.82, 2.24) is 30.0 Å². The molecule has 1 saturated heterocycles. The van der Waals surface area contributed by atoms with Crippen LogP contribution in [0.1, 0.15) is 26.3 Å². The zero-order valence-electron chi connectivity index (χ0n) is 24.2. The summed E-state index contributed by atoms with van der Waals surface area (Å²) in [6.45, 7) is 5.42. The molecule has 0 spiro atoms. The largest absolute Gasteiger partial charge is 1.00 e. The molecule has 44 heavy (non-hydrogen) atoms. The van der Waals surface area contributed by atoms with E-state index >= 15 is 4.39 Å². The highest BCUT2D eigenvalue weighted by molar-refractivity contribution is 5.94. The van der Waals surface area contributed by atoms with E-state index in [4.69, 9.17) is 9.47 Å². The van der Waals surface area contributed by atoms with E-state index in [1.165, 1.54) is 28.3 Å². The molecule has 17 heteroatoms. The highest BCUT2D eigenvalue weighted by atomic mass is 35.5. The molecule has 5 rings (SSSR count). The van der Waals surface area contributed by atoms with E-state index in [0.29, 0.717) is 29.0 Å². The van der Waals surface area contributed by atoms with Gasteiger partial charge >= 0.3 is 12.2 Å². The number of halogens is 3. The number of carbonyl (C=O) groups is 2. The highest BCUT2D eigenvalue weighted by Crippen LogP contribution is 2.33. The van der Waals surface area contributed by atoms with E-state index in [1.807, 2.05) is 0 Å². The SMILES string of the molecule is CC(C)OC(=O)OCN1C=N[NH+](C[C@](O)(c2ccc(F)cc2F)[C@@H](C)N2CCN(c3ccc(-n4cnnn4)cc3)C2=O)C1.[Cl-]. The van der Waals surface area contributed by atoms with Gasteiger partial charge in [-0.15, -0.1) is 5.10 Å². The number of carbonyl (C=O) groups excluding carboxylic acids is 2. The lowest BCUT2D eigenvalue weighted by Gasteiger charge is -2.39. The second-order valence-corrected chi connectivity index (χ2v) is 10.5. The van der Waals surface area contributed by atoms with E-state index in [1.54, 1.807) is 54.8 Å². The summed E-state index contributed by atoms with van der Waals surface area (Å²) in [4.78, 5) is 30.0. The van der Waals surface area contributed by atoms with Crippen molar-refractivity contribution < 1.29 is 50.4 Å². The smallest absolute Gasteiger partial charge is 0.510 e. The summed E-state index contributed by atoms with van der Waals surface area (Å²) >= 11 is 0. The number of quaternary nitrogens is 1. The van der Waals surface area contributed by atoms with Crippen LogP contribution in [0.5, 0.6) is 0 Å². The van der Waals surface area contributed by atoms with E-state index in [2.05, 4.69) is 20.6 Å². The topological polar surface area (TPSA) is 143 Å². The molecule has 0 bridgehead atoms. The first-order valence-electron chi connectivity index (χ1n) is 13.6. The van der Waals surface area contributed by atoms with Crippen LogP contribution in [0.25, 0.3) is 5.69 Å². The number of benzene rings is 2. The van der Waals surface area contributed by atoms with Crippen molar-refractivity contribution in [3.05, 3.63) is 66.0 Å². The molecule has 3 heterocycles. The molecule has 1 fully saturated rings. The molecule has 0 aliphatic carbocycles. The molecule has 2 aliphatic rings. The third-order valence-electron chi connectivity index (χ3n) is 7.32. The maximum absolute atomic E-state index is 15.2. The van der Waals surface area contributed by atoms with Crippen LogP contribution in [0.4, 0.5) is 24.1 Å². The second-order valence-electron chi connectivity index (χ2n) is 10.5. The van der Waals surface area contributed by atoms with Crippen LogP contribution < -0.4 is 22.3 Å². The summed E-state index contributed by atoms with van der Waals surface area (Å²) in [6, 6.07) is 8.64. The van der Waals surface area contributed by atoms with E-state index in [0.717, 1.165) is 6.07 Å². The number of ether oxygens (including phenoxy) is 2. The van der Waals surface area contributed by atoms with Gasteiger partial charge in [-0.2, -0.15) is 5.01 Å². The number of nitrogens with zero attached hydrogens (tertiary/aromatic N) is 8. The van der Waals surface area contributed by atoms with Crippen LogP contribution in [0.3, 0.4) is 0 Å². The first-order chi connectivity index (χ1) is 20.5. The lowest BCUT2D eigenvalue weighted by Crippen LogP contribution is -3.09. The van der Waals surface area contributed by atoms with Crippen LogP contribution in [-0.2, 0) is 15.1 Å². The van der Waals surface area contributed by atoms with Crippen molar-refractivity contribution in [2.75, 3.05) is 37.9 Å². The van der Waals surface area contributed by atoms with Gasteiger partial charge in [-0.25, -0.2) is 23.1 Å². The maximum Gasteiger partial charge on any atom is 0.510 e. The fraction of sp³-hybridized carbons (Fsp3) is 0.407. The maximum atomic E-state index is 15.2. The van der Waals surface area contributed by atoms with Gasteiger partial charge in [0.15, 0.2) is 25.3 Å². The zero-order valence-corrected chi connectivity index (χ0v) is 24.9. The van der Waals surface area contributed by atoms with Gasteiger partial charge in [0, 0.05) is 30.4 Å². The Labute approximate surface area is 257 Å². The number of aliphatic hydroxyl groups is 1. The molecular weight excluding hydrogens is 604 g/mol. The number of anilines is 1. The lowest BCUT2D eigenvalue weighted by atomic mass is 9.85. The summed E-state index contributed by atoms with van der Waals surface area (Å²) in [6.07, 6.45) is 1.71. The molecule has 2 amide bonds. The van der Waals surface area contributed by atoms with E-state index in [9.17, 15) is 19.1 Å². The van der Waals surface area contributed by atoms with Crippen LogP contribution in [0.15, 0.2) is 53.9 Å². The fourth-order valence-electron chi connectivity index (χ4n) is 5.12. The van der Waals surface area contributed by atoms with Gasteiger partial charge in [0.2, 0.25) is 0 Å². The summed E-state index contributed by atoms with van der Waals surface area (Å²) in [7, 11) is 0. The Morgan fingerprint density at radius 1 is 1.11 bits per heavy atom.